The van der Waals surface area contributed by atoms with E-state index in [2.05, 4.69) is 21.9 Å². The number of hydrogen-bond acceptors (Lipinski definition) is 5. The maximum Gasteiger partial charge on any atom is 0.260 e. The van der Waals surface area contributed by atoms with Crippen LogP contribution in [0.2, 0.25) is 0 Å². The number of carbonyl (C=O) groups excluding carboxylic acids is 2. The number of pyridine rings is 1. The molecular weight excluding hydrogens is 361 g/mol. The Morgan fingerprint density at radius 2 is 2.07 bits per heavy atom. The third kappa shape index (κ3) is 2.71. The third-order valence-corrected chi connectivity index (χ3v) is 5.97. The van der Waals surface area contributed by atoms with E-state index in [0.29, 0.717) is 41.9 Å². The summed E-state index contributed by atoms with van der Waals surface area (Å²) in [7, 11) is 1.59. The maximum absolute atomic E-state index is 15.1. The number of nitrogens with two attached hydrogens (primary N) is 1. The Morgan fingerprint density at radius 3 is 2.61 bits per heavy atom. The van der Waals surface area contributed by atoms with Crippen molar-refractivity contribution < 1.29 is 14.0 Å². The Balaban J connectivity index is 1.65. The number of anilines is 1. The van der Waals surface area contributed by atoms with Gasteiger partial charge in [0, 0.05) is 44.0 Å². The first-order valence-corrected chi connectivity index (χ1v) is 9.29. The molecule has 1 saturated carbocycles. The van der Waals surface area contributed by atoms with Crippen LogP contribution < -0.4 is 11.1 Å². The molecule has 2 unspecified atom stereocenters. The number of aromatic nitrogens is 1. The highest BCUT2D eigenvalue weighted by Gasteiger charge is 2.45. The molecule has 8 heteroatoms. The molecule has 0 aromatic carbocycles. The molecule has 7 nitrogen and oxygen atoms in total. The van der Waals surface area contributed by atoms with E-state index in [4.69, 9.17) is 5.73 Å². The molecule has 1 aromatic heterocycles. The van der Waals surface area contributed by atoms with Crippen molar-refractivity contribution in [1.82, 2.24) is 9.88 Å². The highest BCUT2D eigenvalue weighted by Crippen LogP contribution is 2.48. The number of nitrogens with one attached hydrogen (secondary N) is 1. The Bertz CT molecular complexity index is 925. The van der Waals surface area contributed by atoms with Crippen molar-refractivity contribution in [1.29, 1.82) is 0 Å². The normalized spacial score (nSPS) is 26.1. The number of rotatable bonds is 4. The molecule has 3 heterocycles. The Labute approximate surface area is 162 Å². The lowest BCUT2D eigenvalue weighted by Crippen LogP contribution is -2.31. The van der Waals surface area contributed by atoms with Gasteiger partial charge in [-0.05, 0) is 30.8 Å². The van der Waals surface area contributed by atoms with E-state index in [1.165, 1.54) is 18.5 Å². The lowest BCUT2D eigenvalue weighted by atomic mass is 9.93. The number of hydrogen-bond donors (Lipinski definition) is 2. The van der Waals surface area contributed by atoms with Gasteiger partial charge in [0.1, 0.15) is 0 Å². The molecule has 146 valence electrons. The van der Waals surface area contributed by atoms with Gasteiger partial charge in [0.05, 0.1) is 22.6 Å². The van der Waals surface area contributed by atoms with Gasteiger partial charge in [-0.3, -0.25) is 14.6 Å². The van der Waals surface area contributed by atoms with Gasteiger partial charge in [0.15, 0.2) is 5.82 Å². The molecule has 0 spiro atoms. The average Bonchev–Trinajstić information content (AvgIpc) is 3.24. The fourth-order valence-electron chi connectivity index (χ4n) is 4.67. The van der Waals surface area contributed by atoms with Crippen LogP contribution in [0, 0.1) is 17.7 Å². The van der Waals surface area contributed by atoms with E-state index in [-0.39, 0.29) is 29.0 Å². The molecule has 2 amide bonds. The topological polar surface area (TPSA) is 101 Å². The minimum absolute atomic E-state index is 0.0575. The third-order valence-electron chi connectivity index (χ3n) is 5.97. The molecule has 0 bridgehead atoms. The number of amides is 2. The number of halogens is 1. The predicted octanol–water partition coefficient (Wildman–Crippen LogP) is 1.92. The second-order valence-corrected chi connectivity index (χ2v) is 7.51. The Kier molecular flexibility index (Phi) is 4.49. The van der Waals surface area contributed by atoms with Gasteiger partial charge in [-0.2, -0.15) is 0 Å². The molecule has 4 rings (SSSR count). The van der Waals surface area contributed by atoms with Crippen molar-refractivity contribution in [2.24, 2.45) is 22.6 Å². The Hall–Kier alpha value is -3.03. The largest absolute Gasteiger partial charge is 0.404 e. The van der Waals surface area contributed by atoms with Gasteiger partial charge in [-0.25, -0.2) is 9.37 Å². The summed E-state index contributed by atoms with van der Waals surface area (Å²) in [6, 6.07) is 0. The van der Waals surface area contributed by atoms with Crippen molar-refractivity contribution in [3.05, 3.63) is 41.6 Å². The SMILES string of the molecule is C=CC(=O)N1CC2CC(c3nc(C(C=NC)=CN)c4c(c3F)NC4=O)CC2C1. The van der Waals surface area contributed by atoms with Crippen molar-refractivity contribution in [3.63, 3.8) is 0 Å². The standard InChI is InChI=1S/C20H22FN5O2/c1-3-14(27)26-8-11-4-10(5-12(11)9-26)18-16(21)19-15(20(28)25-19)17(24-18)13(6-22)7-23-2/h3,6-7,10-12H,1,4-5,8-9,22H2,2H3,(H,25,28). The number of allylic oxidation sites excluding steroid dienone is 1. The fourth-order valence-corrected chi connectivity index (χ4v) is 4.67. The van der Waals surface area contributed by atoms with Crippen LogP contribution in [0.25, 0.3) is 5.57 Å². The summed E-state index contributed by atoms with van der Waals surface area (Å²) >= 11 is 0. The first kappa shape index (κ1) is 18.3. The lowest BCUT2D eigenvalue weighted by molar-refractivity contribution is -0.125. The van der Waals surface area contributed by atoms with E-state index >= 15 is 4.39 Å². The molecule has 28 heavy (non-hydrogen) atoms. The van der Waals surface area contributed by atoms with Crippen molar-refractivity contribution in [2.75, 3.05) is 25.5 Å². The quantitative estimate of drug-likeness (QED) is 0.613. The van der Waals surface area contributed by atoms with Crippen molar-refractivity contribution in [3.8, 4) is 0 Å². The summed E-state index contributed by atoms with van der Waals surface area (Å²) in [4.78, 5) is 34.1. The van der Waals surface area contributed by atoms with E-state index < -0.39 is 5.82 Å². The van der Waals surface area contributed by atoms with Gasteiger partial charge in [-0.15, -0.1) is 0 Å². The molecule has 2 atom stereocenters. The summed E-state index contributed by atoms with van der Waals surface area (Å²) in [6.45, 7) is 4.87. The zero-order chi connectivity index (χ0) is 20.0. The van der Waals surface area contributed by atoms with Crippen LogP contribution in [0.15, 0.2) is 23.8 Å². The van der Waals surface area contributed by atoms with Crippen LogP contribution in [-0.2, 0) is 4.79 Å². The fraction of sp³-hybridized carbons (Fsp3) is 0.400. The number of carbonyl (C=O) groups is 2. The number of nitrogens with zero attached hydrogens (tertiary/aromatic N) is 3. The van der Waals surface area contributed by atoms with E-state index in [1.807, 2.05) is 0 Å². The number of fused-ring (bicyclic) bond motifs is 2. The first-order valence-electron chi connectivity index (χ1n) is 9.29. The van der Waals surface area contributed by atoms with Gasteiger partial charge >= 0.3 is 0 Å². The van der Waals surface area contributed by atoms with Crippen LogP contribution >= 0.6 is 0 Å². The molecule has 0 radical (unpaired) electrons. The molecule has 3 aliphatic rings. The smallest absolute Gasteiger partial charge is 0.260 e. The van der Waals surface area contributed by atoms with Crippen LogP contribution in [0.4, 0.5) is 10.1 Å². The molecule has 1 saturated heterocycles. The van der Waals surface area contributed by atoms with Crippen molar-refractivity contribution in [2.45, 2.75) is 18.8 Å². The minimum Gasteiger partial charge on any atom is -0.404 e. The number of aliphatic imine (C=N–C) groups is 1. The zero-order valence-electron chi connectivity index (χ0n) is 15.6. The van der Waals surface area contributed by atoms with Gasteiger partial charge in [0.25, 0.3) is 5.91 Å². The van der Waals surface area contributed by atoms with Crippen LogP contribution in [0.3, 0.4) is 0 Å². The first-order chi connectivity index (χ1) is 13.5. The predicted molar refractivity (Wildman–Crippen MR) is 104 cm³/mol. The summed E-state index contributed by atoms with van der Waals surface area (Å²) < 4.78 is 15.1. The molecule has 3 N–H and O–H groups in total. The van der Waals surface area contributed by atoms with Crippen LogP contribution in [-0.4, -0.2) is 48.1 Å². The van der Waals surface area contributed by atoms with Gasteiger partial charge < -0.3 is 16.0 Å². The number of likely N-dealkylation sites (tertiary alicyclic amines) is 1. The highest BCUT2D eigenvalue weighted by molar-refractivity contribution is 6.23. The minimum atomic E-state index is -0.466. The summed E-state index contributed by atoms with van der Waals surface area (Å²) in [5.74, 6) is -0.310. The van der Waals surface area contributed by atoms with E-state index in [1.54, 1.807) is 11.9 Å². The van der Waals surface area contributed by atoms with Crippen LogP contribution in [0.1, 0.15) is 40.5 Å². The molecule has 2 aliphatic heterocycles. The highest BCUT2D eigenvalue weighted by atomic mass is 19.1. The van der Waals surface area contributed by atoms with E-state index in [9.17, 15) is 9.59 Å². The van der Waals surface area contributed by atoms with Crippen molar-refractivity contribution >= 4 is 29.3 Å². The second kappa shape index (κ2) is 6.85. The summed E-state index contributed by atoms with van der Waals surface area (Å²) in [5.41, 5.74) is 7.30. The summed E-state index contributed by atoms with van der Waals surface area (Å²) in [6.07, 6.45) is 5.68. The average molecular weight is 383 g/mol. The maximum atomic E-state index is 15.1. The summed E-state index contributed by atoms with van der Waals surface area (Å²) in [5, 5.41) is 2.53. The zero-order valence-corrected chi connectivity index (χ0v) is 15.6. The second-order valence-electron chi connectivity index (χ2n) is 7.51. The monoisotopic (exact) mass is 383 g/mol. The Morgan fingerprint density at radius 1 is 1.39 bits per heavy atom. The molecule has 1 aliphatic carbocycles. The molecule has 1 aromatic rings. The molecular formula is C20H22FN5O2. The lowest BCUT2D eigenvalue weighted by Gasteiger charge is -2.26. The van der Waals surface area contributed by atoms with Gasteiger partial charge in [-0.1, -0.05) is 6.58 Å². The van der Waals surface area contributed by atoms with Crippen LogP contribution in [0.5, 0.6) is 0 Å². The van der Waals surface area contributed by atoms with Gasteiger partial charge in [0.2, 0.25) is 5.91 Å². The van der Waals surface area contributed by atoms with E-state index in [0.717, 1.165) is 12.8 Å². The molecule has 2 fully saturated rings.